The second-order valence-corrected chi connectivity index (χ2v) is 8.97. The zero-order chi connectivity index (χ0) is 20.8. The van der Waals surface area contributed by atoms with Crippen LogP contribution in [0.15, 0.2) is 52.5 Å². The summed E-state index contributed by atoms with van der Waals surface area (Å²) in [4.78, 5) is 13.6. The van der Waals surface area contributed by atoms with Crippen molar-refractivity contribution >= 4 is 46.7 Å². The molecule has 1 heterocycles. The summed E-state index contributed by atoms with van der Waals surface area (Å²) < 4.78 is 2.06. The summed E-state index contributed by atoms with van der Waals surface area (Å²) in [6.45, 7) is 6.83. The summed E-state index contributed by atoms with van der Waals surface area (Å²) in [5, 5.41) is 12.9. The van der Waals surface area contributed by atoms with E-state index in [4.69, 9.17) is 11.6 Å². The number of carbonyl (C=O) groups excluding carboxylic acids is 1. The van der Waals surface area contributed by atoms with Crippen molar-refractivity contribution in [2.24, 2.45) is 0 Å². The van der Waals surface area contributed by atoms with E-state index in [1.54, 1.807) is 23.9 Å². The molecule has 3 rings (SSSR count). The predicted octanol–water partition coefficient (Wildman–Crippen LogP) is 5.59. The van der Waals surface area contributed by atoms with E-state index in [2.05, 4.69) is 58.2 Å². The van der Waals surface area contributed by atoms with E-state index in [1.165, 1.54) is 22.2 Å². The second-order valence-electron chi connectivity index (χ2n) is 6.54. The molecule has 1 amide bonds. The van der Waals surface area contributed by atoms with Gasteiger partial charge in [0.1, 0.15) is 5.82 Å². The molecular weight excluding hydrogens is 424 g/mol. The van der Waals surface area contributed by atoms with E-state index in [0.717, 1.165) is 34.5 Å². The third-order valence-electron chi connectivity index (χ3n) is 4.30. The third-order valence-corrected chi connectivity index (χ3v) is 6.51. The molecule has 1 aromatic heterocycles. The van der Waals surface area contributed by atoms with E-state index < -0.39 is 0 Å². The highest BCUT2D eigenvalue weighted by Crippen LogP contribution is 2.25. The van der Waals surface area contributed by atoms with E-state index >= 15 is 0 Å². The van der Waals surface area contributed by atoms with Crippen molar-refractivity contribution in [3.8, 4) is 0 Å². The number of carbonyl (C=O) groups is 1. The maximum atomic E-state index is 12.4. The fourth-order valence-electron chi connectivity index (χ4n) is 2.68. The number of aromatic nitrogens is 3. The molecule has 0 unspecified atom stereocenters. The van der Waals surface area contributed by atoms with Crippen LogP contribution in [0.1, 0.15) is 23.9 Å². The topological polar surface area (TPSA) is 59.8 Å². The fraction of sp³-hybridized carbons (Fsp3) is 0.286. The van der Waals surface area contributed by atoms with Gasteiger partial charge in [-0.25, -0.2) is 0 Å². The second kappa shape index (κ2) is 10.2. The summed E-state index contributed by atoms with van der Waals surface area (Å²) >= 11 is 9.14. The molecule has 152 valence electrons. The number of anilines is 1. The highest BCUT2D eigenvalue weighted by Gasteiger charge is 2.14. The summed E-state index contributed by atoms with van der Waals surface area (Å²) in [5.74, 6) is 1.81. The number of hydrogen-bond acceptors (Lipinski definition) is 5. The Morgan fingerprint density at radius 3 is 2.59 bits per heavy atom. The van der Waals surface area contributed by atoms with Crippen molar-refractivity contribution in [1.82, 2.24) is 14.8 Å². The molecule has 0 aliphatic rings. The molecule has 0 bridgehead atoms. The number of hydrogen-bond donors (Lipinski definition) is 1. The van der Waals surface area contributed by atoms with E-state index in [1.807, 2.05) is 13.0 Å². The van der Waals surface area contributed by atoms with Crippen molar-refractivity contribution in [2.75, 3.05) is 11.1 Å². The Bertz CT molecular complexity index is 989. The molecule has 0 saturated heterocycles. The van der Waals surface area contributed by atoms with Crippen molar-refractivity contribution in [2.45, 2.75) is 43.1 Å². The Balaban J connectivity index is 1.58. The molecular formula is C21H23ClN4OS2. The fourth-order valence-corrected chi connectivity index (χ4v) is 4.51. The first kappa shape index (κ1) is 21.7. The van der Waals surface area contributed by atoms with E-state index in [0.29, 0.717) is 5.02 Å². The van der Waals surface area contributed by atoms with Crippen molar-refractivity contribution in [3.05, 3.63) is 64.4 Å². The van der Waals surface area contributed by atoms with Crippen LogP contribution in [-0.2, 0) is 17.1 Å². The first-order chi connectivity index (χ1) is 14.0. The Labute approximate surface area is 184 Å². The van der Waals surface area contributed by atoms with Crippen LogP contribution in [0.2, 0.25) is 5.02 Å². The van der Waals surface area contributed by atoms with Crippen LogP contribution in [0, 0.1) is 13.8 Å². The summed E-state index contributed by atoms with van der Waals surface area (Å²) in [6.07, 6.45) is 0. The van der Waals surface area contributed by atoms with Crippen LogP contribution in [0.4, 0.5) is 5.69 Å². The normalized spacial score (nSPS) is 10.9. The minimum Gasteiger partial charge on any atom is -0.325 e. The van der Waals surface area contributed by atoms with Gasteiger partial charge in [0.05, 0.1) is 11.5 Å². The molecule has 0 aliphatic heterocycles. The van der Waals surface area contributed by atoms with Crippen molar-refractivity contribution in [3.63, 3.8) is 0 Å². The van der Waals surface area contributed by atoms with Gasteiger partial charge in [0.15, 0.2) is 5.16 Å². The van der Waals surface area contributed by atoms with Crippen LogP contribution >= 0.6 is 35.1 Å². The minimum atomic E-state index is -0.0957. The molecule has 29 heavy (non-hydrogen) atoms. The SMILES string of the molecule is CCn1c(CSc2ccc(C)cc2)nnc1SCC(=O)Nc1cc(Cl)ccc1C. The molecule has 8 heteroatoms. The number of nitrogens with zero attached hydrogens (tertiary/aromatic N) is 3. The molecule has 0 aliphatic carbocycles. The van der Waals surface area contributed by atoms with Crippen LogP contribution in [-0.4, -0.2) is 26.4 Å². The van der Waals surface area contributed by atoms with Gasteiger partial charge in [-0.3, -0.25) is 4.79 Å². The van der Waals surface area contributed by atoms with Gasteiger partial charge < -0.3 is 9.88 Å². The average molecular weight is 447 g/mol. The largest absolute Gasteiger partial charge is 0.325 e. The van der Waals surface area contributed by atoms with Crippen LogP contribution < -0.4 is 5.32 Å². The lowest BCUT2D eigenvalue weighted by atomic mass is 10.2. The molecule has 0 fully saturated rings. The van der Waals surface area contributed by atoms with Gasteiger partial charge in [-0.2, -0.15) is 0 Å². The van der Waals surface area contributed by atoms with Gasteiger partial charge in [-0.1, -0.05) is 47.1 Å². The summed E-state index contributed by atoms with van der Waals surface area (Å²) in [7, 11) is 0. The van der Waals surface area contributed by atoms with E-state index in [-0.39, 0.29) is 11.7 Å². The third kappa shape index (κ3) is 6.01. The number of rotatable bonds is 8. The molecule has 0 atom stereocenters. The Kier molecular flexibility index (Phi) is 7.64. The lowest BCUT2D eigenvalue weighted by Gasteiger charge is -2.09. The molecule has 0 spiro atoms. The number of aryl methyl sites for hydroxylation is 2. The maximum absolute atomic E-state index is 12.4. The number of halogens is 1. The lowest BCUT2D eigenvalue weighted by Crippen LogP contribution is -2.15. The zero-order valence-corrected chi connectivity index (χ0v) is 19.0. The smallest absolute Gasteiger partial charge is 0.234 e. The number of nitrogens with one attached hydrogen (secondary N) is 1. The quantitative estimate of drug-likeness (QED) is 0.457. The number of benzene rings is 2. The average Bonchev–Trinajstić information content (AvgIpc) is 3.10. The first-order valence-electron chi connectivity index (χ1n) is 9.26. The Morgan fingerprint density at radius 2 is 1.86 bits per heavy atom. The van der Waals surface area contributed by atoms with Crippen LogP contribution in [0.5, 0.6) is 0 Å². The number of amides is 1. The molecule has 0 saturated carbocycles. The van der Waals surface area contributed by atoms with Crippen LogP contribution in [0.3, 0.4) is 0 Å². The summed E-state index contributed by atoms with van der Waals surface area (Å²) in [5.41, 5.74) is 2.95. The van der Waals surface area contributed by atoms with Crippen molar-refractivity contribution in [1.29, 1.82) is 0 Å². The lowest BCUT2D eigenvalue weighted by molar-refractivity contribution is -0.113. The zero-order valence-electron chi connectivity index (χ0n) is 16.6. The molecule has 3 aromatic rings. The monoisotopic (exact) mass is 446 g/mol. The van der Waals surface area contributed by atoms with Gasteiger partial charge in [0.2, 0.25) is 5.91 Å². The van der Waals surface area contributed by atoms with Gasteiger partial charge >= 0.3 is 0 Å². The molecule has 5 nitrogen and oxygen atoms in total. The Hall–Kier alpha value is -1.96. The van der Waals surface area contributed by atoms with Gasteiger partial charge in [0.25, 0.3) is 0 Å². The first-order valence-corrected chi connectivity index (χ1v) is 11.6. The summed E-state index contributed by atoms with van der Waals surface area (Å²) in [6, 6.07) is 13.9. The van der Waals surface area contributed by atoms with Gasteiger partial charge in [-0.05, 0) is 50.6 Å². The Morgan fingerprint density at radius 1 is 1.10 bits per heavy atom. The minimum absolute atomic E-state index is 0.0957. The predicted molar refractivity (Wildman–Crippen MR) is 122 cm³/mol. The molecule has 0 radical (unpaired) electrons. The van der Waals surface area contributed by atoms with Gasteiger partial charge in [-0.15, -0.1) is 22.0 Å². The standard InChI is InChI=1S/C21H23ClN4OS2/c1-4-26-19(12-28-17-9-5-14(2)6-10-17)24-25-21(26)29-13-20(27)23-18-11-16(22)8-7-15(18)3/h5-11H,4,12-13H2,1-3H3,(H,23,27). The highest BCUT2D eigenvalue weighted by molar-refractivity contribution is 7.99. The van der Waals surface area contributed by atoms with Crippen molar-refractivity contribution < 1.29 is 4.79 Å². The van der Waals surface area contributed by atoms with Crippen LogP contribution in [0.25, 0.3) is 0 Å². The molecule has 2 aromatic carbocycles. The molecule has 1 N–H and O–H groups in total. The highest BCUT2D eigenvalue weighted by atomic mass is 35.5. The number of thioether (sulfide) groups is 2. The maximum Gasteiger partial charge on any atom is 0.234 e. The van der Waals surface area contributed by atoms with Gasteiger partial charge in [0, 0.05) is 22.2 Å². The van der Waals surface area contributed by atoms with E-state index in [9.17, 15) is 4.79 Å².